The Labute approximate surface area is 173 Å². The van der Waals surface area contributed by atoms with Crippen molar-refractivity contribution in [3.63, 3.8) is 0 Å². The van der Waals surface area contributed by atoms with E-state index >= 15 is 0 Å². The molecule has 152 valence electrons. The molecule has 3 N–H and O–H groups in total. The molecule has 0 unspecified atom stereocenters. The number of nitrogens with one attached hydrogen (secondary N) is 3. The zero-order chi connectivity index (χ0) is 21.2. The van der Waals surface area contributed by atoms with Crippen molar-refractivity contribution in [2.24, 2.45) is 0 Å². The third kappa shape index (κ3) is 4.64. The first kappa shape index (κ1) is 21.0. The van der Waals surface area contributed by atoms with E-state index in [0.29, 0.717) is 5.82 Å². The number of carbonyl (C=O) groups is 1. The van der Waals surface area contributed by atoms with Gasteiger partial charge in [-0.25, -0.2) is 13.1 Å². The van der Waals surface area contributed by atoms with Crippen molar-refractivity contribution in [1.29, 1.82) is 0 Å². The molecule has 2 heterocycles. The monoisotopic (exact) mass is 433 g/mol. The second kappa shape index (κ2) is 8.32. The Morgan fingerprint density at radius 2 is 1.86 bits per heavy atom. The molecule has 29 heavy (non-hydrogen) atoms. The number of hydrogen-bond donors (Lipinski definition) is 3. The molecular weight excluding hydrogens is 414 g/mol. The van der Waals surface area contributed by atoms with Crippen LogP contribution in [0.3, 0.4) is 0 Å². The number of aromatic nitrogens is 3. The van der Waals surface area contributed by atoms with E-state index in [2.05, 4.69) is 25.2 Å². The highest BCUT2D eigenvalue weighted by atomic mass is 35.5. The second-order valence-corrected chi connectivity index (χ2v) is 8.80. The number of H-pyrrole nitrogens is 1. The number of benzene rings is 1. The van der Waals surface area contributed by atoms with Gasteiger partial charge in [0, 0.05) is 29.6 Å². The van der Waals surface area contributed by atoms with Crippen LogP contribution in [0.25, 0.3) is 11.3 Å². The van der Waals surface area contributed by atoms with E-state index in [0.717, 1.165) is 16.8 Å². The van der Waals surface area contributed by atoms with Crippen LogP contribution < -0.4 is 10.0 Å². The highest BCUT2D eigenvalue weighted by Gasteiger charge is 2.21. The van der Waals surface area contributed by atoms with Crippen molar-refractivity contribution in [2.75, 3.05) is 5.32 Å². The summed E-state index contributed by atoms with van der Waals surface area (Å²) in [4.78, 5) is 16.7. The number of anilines is 1. The molecule has 3 rings (SSSR count). The number of halogens is 1. The van der Waals surface area contributed by atoms with E-state index in [4.69, 9.17) is 11.6 Å². The van der Waals surface area contributed by atoms with Crippen molar-refractivity contribution in [3.8, 4) is 11.3 Å². The van der Waals surface area contributed by atoms with E-state index in [1.807, 2.05) is 19.1 Å². The smallest absolute Gasteiger partial charge is 0.258 e. The Hall–Kier alpha value is -2.75. The Balaban J connectivity index is 1.89. The molecule has 0 saturated heterocycles. The van der Waals surface area contributed by atoms with Crippen molar-refractivity contribution in [2.45, 2.75) is 31.7 Å². The average Bonchev–Trinajstić information content (AvgIpc) is 3.02. The van der Waals surface area contributed by atoms with Crippen LogP contribution in [0.15, 0.2) is 47.6 Å². The molecule has 0 atom stereocenters. The van der Waals surface area contributed by atoms with Crippen molar-refractivity contribution < 1.29 is 13.2 Å². The zero-order valence-corrected chi connectivity index (χ0v) is 17.6. The lowest BCUT2D eigenvalue weighted by atomic mass is 10.1. The summed E-state index contributed by atoms with van der Waals surface area (Å²) < 4.78 is 27.3. The van der Waals surface area contributed by atoms with Crippen LogP contribution in [0.1, 0.15) is 29.8 Å². The fourth-order valence-corrected chi connectivity index (χ4v) is 4.20. The highest BCUT2D eigenvalue weighted by molar-refractivity contribution is 7.89. The van der Waals surface area contributed by atoms with Gasteiger partial charge in [-0.2, -0.15) is 5.10 Å². The molecule has 3 aromatic rings. The third-order valence-electron chi connectivity index (χ3n) is 4.09. The Morgan fingerprint density at radius 1 is 1.17 bits per heavy atom. The first-order chi connectivity index (χ1) is 13.7. The molecule has 0 spiro atoms. The fourth-order valence-electron chi connectivity index (χ4n) is 2.72. The summed E-state index contributed by atoms with van der Waals surface area (Å²) in [5, 5.41) is 9.85. The first-order valence-electron chi connectivity index (χ1n) is 8.77. The Bertz CT molecular complexity index is 1140. The van der Waals surface area contributed by atoms with E-state index in [1.54, 1.807) is 26.2 Å². The van der Waals surface area contributed by atoms with Gasteiger partial charge in [0.2, 0.25) is 10.0 Å². The largest absolute Gasteiger partial charge is 0.305 e. The maximum atomic E-state index is 12.8. The van der Waals surface area contributed by atoms with Gasteiger partial charge < -0.3 is 5.32 Å². The molecule has 1 amide bonds. The number of amides is 1. The number of pyridine rings is 1. The average molecular weight is 434 g/mol. The first-order valence-corrected chi connectivity index (χ1v) is 10.6. The van der Waals surface area contributed by atoms with Crippen molar-refractivity contribution >= 4 is 33.3 Å². The van der Waals surface area contributed by atoms with Gasteiger partial charge in [0.1, 0.15) is 0 Å². The van der Waals surface area contributed by atoms with Gasteiger partial charge in [-0.3, -0.25) is 14.9 Å². The summed E-state index contributed by atoms with van der Waals surface area (Å²) in [5.41, 5.74) is 2.37. The second-order valence-electron chi connectivity index (χ2n) is 6.68. The number of sulfonamides is 1. The topological polar surface area (TPSA) is 117 Å². The van der Waals surface area contributed by atoms with Crippen LogP contribution in [0.2, 0.25) is 5.02 Å². The van der Waals surface area contributed by atoms with E-state index in [9.17, 15) is 13.2 Å². The lowest BCUT2D eigenvalue weighted by molar-refractivity contribution is 0.102. The maximum Gasteiger partial charge on any atom is 0.258 e. The summed E-state index contributed by atoms with van der Waals surface area (Å²) >= 11 is 6.14. The molecule has 1 aromatic carbocycles. The SMILES string of the molecule is Cc1c(NC(=O)c2cc(S(=O)(=O)NC(C)C)ccc2Cl)n[nH]c1-c1ccncc1. The molecule has 0 radical (unpaired) electrons. The van der Waals surface area contributed by atoms with E-state index in [-0.39, 0.29) is 21.5 Å². The number of aromatic amines is 1. The van der Waals surface area contributed by atoms with Crippen LogP contribution in [0.4, 0.5) is 5.82 Å². The maximum absolute atomic E-state index is 12.8. The predicted octanol–water partition coefficient (Wildman–Crippen LogP) is 3.37. The predicted molar refractivity (Wildman–Crippen MR) is 111 cm³/mol. The minimum absolute atomic E-state index is 0.0335. The molecule has 0 bridgehead atoms. The summed E-state index contributed by atoms with van der Waals surface area (Å²) in [5.74, 6) is -0.237. The third-order valence-corrected chi connectivity index (χ3v) is 6.08. The molecule has 8 nitrogen and oxygen atoms in total. The highest BCUT2D eigenvalue weighted by Crippen LogP contribution is 2.27. The van der Waals surface area contributed by atoms with Gasteiger partial charge >= 0.3 is 0 Å². The Kier molecular flexibility index (Phi) is 6.02. The molecule has 10 heteroatoms. The molecule has 0 aliphatic carbocycles. The minimum atomic E-state index is -3.76. The van der Waals surface area contributed by atoms with Gasteiger partial charge in [0.25, 0.3) is 5.91 Å². The molecular formula is C19H20ClN5O3S. The number of rotatable bonds is 6. The summed E-state index contributed by atoms with van der Waals surface area (Å²) in [7, 11) is -3.76. The van der Waals surface area contributed by atoms with Crippen molar-refractivity contribution in [3.05, 3.63) is 58.9 Å². The van der Waals surface area contributed by atoms with Gasteiger partial charge in [-0.15, -0.1) is 0 Å². The lowest BCUT2D eigenvalue weighted by Gasteiger charge is -2.11. The molecule has 0 aliphatic rings. The van der Waals surface area contributed by atoms with Crippen LogP contribution in [-0.4, -0.2) is 35.5 Å². The summed E-state index contributed by atoms with van der Waals surface area (Å²) in [6, 6.07) is 7.33. The molecule has 0 fully saturated rings. The lowest BCUT2D eigenvalue weighted by Crippen LogP contribution is -2.30. The van der Waals surface area contributed by atoms with Crippen LogP contribution in [0, 0.1) is 6.92 Å². The quantitative estimate of drug-likeness (QED) is 0.551. The van der Waals surface area contributed by atoms with Crippen molar-refractivity contribution in [1.82, 2.24) is 19.9 Å². The number of hydrogen-bond acceptors (Lipinski definition) is 5. The number of carbonyl (C=O) groups excluding carboxylic acids is 1. The fraction of sp³-hybridized carbons (Fsp3) is 0.211. The summed E-state index contributed by atoms with van der Waals surface area (Å²) in [6.07, 6.45) is 3.32. The van der Waals surface area contributed by atoms with E-state index in [1.165, 1.54) is 18.2 Å². The van der Waals surface area contributed by atoms with Crippen LogP contribution >= 0.6 is 11.6 Å². The molecule has 0 aliphatic heterocycles. The zero-order valence-electron chi connectivity index (χ0n) is 16.0. The normalized spacial score (nSPS) is 11.6. The van der Waals surface area contributed by atoms with Crippen LogP contribution in [0.5, 0.6) is 0 Å². The minimum Gasteiger partial charge on any atom is -0.305 e. The van der Waals surface area contributed by atoms with Gasteiger partial charge in [0.05, 0.1) is 21.2 Å². The summed E-state index contributed by atoms with van der Waals surface area (Å²) in [6.45, 7) is 5.23. The van der Waals surface area contributed by atoms with Gasteiger partial charge in [-0.1, -0.05) is 11.6 Å². The van der Waals surface area contributed by atoms with Gasteiger partial charge in [0.15, 0.2) is 5.82 Å². The van der Waals surface area contributed by atoms with Crippen LogP contribution in [-0.2, 0) is 10.0 Å². The number of nitrogens with zero attached hydrogens (tertiary/aromatic N) is 2. The molecule has 2 aromatic heterocycles. The molecule has 0 saturated carbocycles. The van der Waals surface area contributed by atoms with Gasteiger partial charge in [-0.05, 0) is 51.1 Å². The van der Waals surface area contributed by atoms with E-state index < -0.39 is 15.9 Å². The standard InChI is InChI=1S/C19H20ClN5O3S/c1-11(2)25-29(27,28)14-4-5-16(20)15(10-14)19(26)22-18-12(3)17(23-24-18)13-6-8-21-9-7-13/h4-11,25H,1-3H3,(H2,22,23,24,26). The Morgan fingerprint density at radius 3 is 2.52 bits per heavy atom.